The van der Waals surface area contributed by atoms with Gasteiger partial charge in [0.2, 0.25) is 0 Å². The van der Waals surface area contributed by atoms with Crippen LogP contribution in [0.4, 0.5) is 0 Å². The minimum Gasteiger partial charge on any atom is -0.493 e. The fraction of sp³-hybridized carbons (Fsp3) is 0.100. The third kappa shape index (κ3) is 3.75. The van der Waals surface area contributed by atoms with E-state index in [1.54, 1.807) is 28.9 Å². The van der Waals surface area contributed by atoms with Crippen LogP contribution < -0.4 is 10.3 Å². The molecular formula is C20H15N5O2S. The number of para-hydroxylation sites is 1. The third-order valence-corrected chi connectivity index (χ3v) is 4.81. The highest BCUT2D eigenvalue weighted by Gasteiger charge is 2.11. The zero-order valence-corrected chi connectivity index (χ0v) is 15.5. The summed E-state index contributed by atoms with van der Waals surface area (Å²) in [6, 6.07) is 18.6. The van der Waals surface area contributed by atoms with Gasteiger partial charge in [0.1, 0.15) is 11.1 Å². The molecule has 2 aromatic heterocycles. The number of nitrogens with zero attached hydrogens (tertiary/aromatic N) is 4. The Kier molecular flexibility index (Phi) is 5.08. The molecule has 28 heavy (non-hydrogen) atoms. The Labute approximate surface area is 164 Å². The minimum atomic E-state index is -0.225. The first-order chi connectivity index (χ1) is 13.7. The summed E-state index contributed by atoms with van der Waals surface area (Å²) in [6.07, 6.45) is 1.52. The van der Waals surface area contributed by atoms with Gasteiger partial charge in [-0.2, -0.15) is 10.4 Å². The van der Waals surface area contributed by atoms with Crippen molar-refractivity contribution in [2.75, 3.05) is 12.4 Å². The average Bonchev–Trinajstić information content (AvgIpc) is 3.17. The van der Waals surface area contributed by atoms with Crippen LogP contribution in [0.2, 0.25) is 0 Å². The zero-order chi connectivity index (χ0) is 19.3. The summed E-state index contributed by atoms with van der Waals surface area (Å²) in [5.74, 6) is 1.23. The summed E-state index contributed by atoms with van der Waals surface area (Å²) < 4.78 is 7.31. The maximum Gasteiger partial charge on any atom is 0.262 e. The Morgan fingerprint density at radius 3 is 2.86 bits per heavy atom. The van der Waals surface area contributed by atoms with Crippen molar-refractivity contribution < 1.29 is 4.74 Å². The molecule has 1 N–H and O–H groups in total. The lowest BCUT2D eigenvalue weighted by atomic mass is 10.2. The van der Waals surface area contributed by atoms with Gasteiger partial charge in [-0.3, -0.25) is 4.79 Å². The highest BCUT2D eigenvalue weighted by atomic mass is 32.2. The number of nitrogens with one attached hydrogen (secondary N) is 1. The van der Waals surface area contributed by atoms with E-state index in [0.29, 0.717) is 39.9 Å². The van der Waals surface area contributed by atoms with E-state index < -0.39 is 0 Å². The van der Waals surface area contributed by atoms with E-state index in [1.807, 2.05) is 30.3 Å². The second-order valence-corrected chi connectivity index (χ2v) is 6.92. The van der Waals surface area contributed by atoms with Gasteiger partial charge in [-0.25, -0.2) is 9.67 Å². The van der Waals surface area contributed by atoms with Crippen molar-refractivity contribution in [1.29, 1.82) is 5.26 Å². The number of ether oxygens (including phenoxy) is 1. The van der Waals surface area contributed by atoms with Gasteiger partial charge in [-0.1, -0.05) is 36.0 Å². The monoisotopic (exact) mass is 389 g/mol. The molecule has 0 saturated carbocycles. The summed E-state index contributed by atoms with van der Waals surface area (Å²) in [5.41, 5.74) is 1.68. The Hall–Kier alpha value is -3.57. The zero-order valence-electron chi connectivity index (χ0n) is 14.7. The van der Waals surface area contributed by atoms with Crippen LogP contribution in [0.25, 0.3) is 16.7 Å². The average molecular weight is 389 g/mol. The third-order valence-electron chi connectivity index (χ3n) is 3.97. The second kappa shape index (κ2) is 7.98. The highest BCUT2D eigenvalue weighted by Crippen LogP contribution is 2.18. The van der Waals surface area contributed by atoms with Crippen LogP contribution in [-0.2, 0) is 0 Å². The van der Waals surface area contributed by atoms with Crippen LogP contribution in [-0.4, -0.2) is 32.1 Å². The highest BCUT2D eigenvalue weighted by molar-refractivity contribution is 7.99. The largest absolute Gasteiger partial charge is 0.493 e. The van der Waals surface area contributed by atoms with Gasteiger partial charge < -0.3 is 9.72 Å². The maximum absolute atomic E-state index is 12.3. The van der Waals surface area contributed by atoms with E-state index >= 15 is 0 Å². The van der Waals surface area contributed by atoms with Crippen LogP contribution >= 0.6 is 11.8 Å². The van der Waals surface area contributed by atoms with Crippen LogP contribution in [0.15, 0.2) is 70.7 Å². The molecule has 0 aliphatic heterocycles. The SMILES string of the molecule is N#Cc1cccc(OCCSc2nc3c(cnn3-c3ccccc3)c(=O)[nH]2)c1. The smallest absolute Gasteiger partial charge is 0.262 e. The van der Waals surface area contributed by atoms with Gasteiger partial charge in [0, 0.05) is 5.75 Å². The molecule has 2 heterocycles. The van der Waals surface area contributed by atoms with E-state index in [0.717, 1.165) is 5.69 Å². The van der Waals surface area contributed by atoms with E-state index in [4.69, 9.17) is 10.00 Å². The summed E-state index contributed by atoms with van der Waals surface area (Å²) in [4.78, 5) is 19.7. The molecule has 0 bridgehead atoms. The summed E-state index contributed by atoms with van der Waals surface area (Å²) >= 11 is 1.39. The van der Waals surface area contributed by atoms with Crippen LogP contribution in [0.3, 0.4) is 0 Å². The Morgan fingerprint density at radius 1 is 1.18 bits per heavy atom. The van der Waals surface area contributed by atoms with Gasteiger partial charge >= 0.3 is 0 Å². The molecule has 0 saturated heterocycles. The summed E-state index contributed by atoms with van der Waals surface area (Å²) in [7, 11) is 0. The molecule has 0 unspecified atom stereocenters. The lowest BCUT2D eigenvalue weighted by molar-refractivity contribution is 0.344. The lowest BCUT2D eigenvalue weighted by Gasteiger charge is -2.06. The van der Waals surface area contributed by atoms with Crippen molar-refractivity contribution >= 4 is 22.8 Å². The molecule has 0 amide bonds. The van der Waals surface area contributed by atoms with E-state index in [-0.39, 0.29) is 5.56 Å². The van der Waals surface area contributed by atoms with Crippen molar-refractivity contribution in [1.82, 2.24) is 19.7 Å². The molecule has 0 radical (unpaired) electrons. The van der Waals surface area contributed by atoms with E-state index in [1.165, 1.54) is 18.0 Å². The van der Waals surface area contributed by atoms with Crippen molar-refractivity contribution in [3.05, 3.63) is 76.7 Å². The number of aromatic nitrogens is 4. The molecule has 0 aliphatic carbocycles. The van der Waals surface area contributed by atoms with E-state index in [9.17, 15) is 4.79 Å². The normalized spacial score (nSPS) is 10.7. The maximum atomic E-state index is 12.3. The number of H-pyrrole nitrogens is 1. The van der Waals surface area contributed by atoms with Gasteiger partial charge in [-0.15, -0.1) is 0 Å². The first-order valence-corrected chi connectivity index (χ1v) is 9.52. The van der Waals surface area contributed by atoms with E-state index in [2.05, 4.69) is 21.1 Å². The molecule has 8 heteroatoms. The molecular weight excluding hydrogens is 374 g/mol. The molecule has 7 nitrogen and oxygen atoms in total. The van der Waals surface area contributed by atoms with Crippen molar-refractivity contribution in [3.8, 4) is 17.5 Å². The number of hydrogen-bond acceptors (Lipinski definition) is 6. The number of benzene rings is 2. The predicted octanol–water partition coefficient (Wildman–Crippen LogP) is 3.15. The molecule has 0 fully saturated rings. The van der Waals surface area contributed by atoms with Crippen LogP contribution in [0, 0.1) is 11.3 Å². The van der Waals surface area contributed by atoms with Gasteiger partial charge in [0.05, 0.1) is 30.1 Å². The predicted molar refractivity (Wildman–Crippen MR) is 107 cm³/mol. The lowest BCUT2D eigenvalue weighted by Crippen LogP contribution is -2.10. The van der Waals surface area contributed by atoms with Crippen molar-refractivity contribution in [3.63, 3.8) is 0 Å². The number of aromatic amines is 1. The summed E-state index contributed by atoms with van der Waals surface area (Å²) in [5, 5.41) is 14.2. The van der Waals surface area contributed by atoms with Crippen molar-refractivity contribution in [2.45, 2.75) is 5.16 Å². The quantitative estimate of drug-likeness (QED) is 0.309. The molecule has 0 spiro atoms. The first-order valence-electron chi connectivity index (χ1n) is 8.54. The molecule has 0 aliphatic rings. The Morgan fingerprint density at radius 2 is 2.04 bits per heavy atom. The number of nitriles is 1. The topological polar surface area (TPSA) is 96.6 Å². The number of fused-ring (bicyclic) bond motifs is 1. The van der Waals surface area contributed by atoms with Crippen LogP contribution in [0.1, 0.15) is 5.56 Å². The van der Waals surface area contributed by atoms with Gasteiger partial charge in [0.15, 0.2) is 10.8 Å². The minimum absolute atomic E-state index is 0.225. The van der Waals surface area contributed by atoms with Crippen LogP contribution in [0.5, 0.6) is 5.75 Å². The molecule has 4 rings (SSSR count). The molecule has 0 atom stereocenters. The molecule has 2 aromatic carbocycles. The fourth-order valence-electron chi connectivity index (χ4n) is 2.68. The van der Waals surface area contributed by atoms with Gasteiger partial charge in [0.25, 0.3) is 5.56 Å². The van der Waals surface area contributed by atoms with Crippen molar-refractivity contribution in [2.24, 2.45) is 0 Å². The Balaban J connectivity index is 1.48. The standard InChI is InChI=1S/C20H15N5O2S/c21-12-14-5-4-8-16(11-14)27-9-10-28-20-23-18-17(19(26)24-20)13-22-25(18)15-6-2-1-3-7-15/h1-8,11,13H,9-10H2,(H,23,24,26). The summed E-state index contributed by atoms with van der Waals surface area (Å²) in [6.45, 7) is 0.416. The number of rotatable bonds is 6. The second-order valence-electron chi connectivity index (χ2n) is 5.84. The van der Waals surface area contributed by atoms with Gasteiger partial charge in [-0.05, 0) is 30.3 Å². The molecule has 4 aromatic rings. The Bertz CT molecular complexity index is 1210. The number of thioether (sulfide) groups is 1. The fourth-order valence-corrected chi connectivity index (χ4v) is 3.35. The first kappa shape index (κ1) is 17.8. The number of hydrogen-bond donors (Lipinski definition) is 1. The molecule has 138 valence electrons.